The lowest BCUT2D eigenvalue weighted by atomic mass is 9.94. The Morgan fingerprint density at radius 3 is 2.86 bits per heavy atom. The molecule has 1 saturated carbocycles. The lowest BCUT2D eigenvalue weighted by molar-refractivity contribution is 0.419. The molecule has 0 bridgehead atoms. The average Bonchev–Trinajstić information content (AvgIpc) is 2.10. The number of rotatable bonds is 7. The molecule has 0 aliphatic heterocycles. The maximum Gasteiger partial charge on any atom is 0.0829 e. The average molecular weight is 197 g/mol. The number of unbranched alkanes of at least 4 members (excludes halogenated alkanes) is 1. The van der Waals surface area contributed by atoms with E-state index in [4.69, 9.17) is 5.73 Å². The lowest BCUT2D eigenvalue weighted by Gasteiger charge is -2.21. The summed E-state index contributed by atoms with van der Waals surface area (Å²) in [6.07, 6.45) is 9.34. The maximum absolute atomic E-state index is 5.43. The molecule has 82 valence electrons. The van der Waals surface area contributed by atoms with Crippen molar-refractivity contribution in [3.05, 3.63) is 0 Å². The van der Waals surface area contributed by atoms with Gasteiger partial charge in [0, 0.05) is 6.04 Å². The van der Waals surface area contributed by atoms with Gasteiger partial charge < -0.3 is 11.1 Å². The van der Waals surface area contributed by atoms with Gasteiger partial charge in [-0.15, -0.1) is 0 Å². The van der Waals surface area contributed by atoms with Crippen LogP contribution in [-0.2, 0) is 0 Å². The minimum atomic E-state index is 0.533. The van der Waals surface area contributed by atoms with E-state index in [0.29, 0.717) is 12.1 Å². The summed E-state index contributed by atoms with van der Waals surface area (Å²) in [6, 6.07) is 1.14. The van der Waals surface area contributed by atoms with Gasteiger partial charge in [-0.05, 0) is 45.6 Å². The minimum absolute atomic E-state index is 0.533. The van der Waals surface area contributed by atoms with Gasteiger partial charge in [-0.25, -0.2) is 0 Å². The first-order chi connectivity index (χ1) is 6.83. The van der Waals surface area contributed by atoms with Crippen LogP contribution in [0.5, 0.6) is 0 Å². The van der Waals surface area contributed by atoms with Crippen LogP contribution >= 0.6 is 0 Å². The molecule has 1 rings (SSSR count). The van der Waals surface area contributed by atoms with Crippen molar-refractivity contribution in [2.24, 2.45) is 10.7 Å². The Kier molecular flexibility index (Phi) is 5.60. The summed E-state index contributed by atoms with van der Waals surface area (Å²) >= 11 is 0. The van der Waals surface area contributed by atoms with E-state index >= 15 is 0 Å². The molecule has 0 spiro atoms. The van der Waals surface area contributed by atoms with Crippen molar-refractivity contribution in [2.75, 3.05) is 6.54 Å². The minimum Gasteiger partial charge on any atom is -0.374 e. The second-order valence-corrected chi connectivity index (χ2v) is 4.22. The van der Waals surface area contributed by atoms with Crippen LogP contribution in [-0.4, -0.2) is 25.0 Å². The largest absolute Gasteiger partial charge is 0.374 e. The number of aliphatic imine (C=N–C) groups is 1. The topological polar surface area (TPSA) is 50.4 Å². The Hall–Kier alpha value is -0.570. The molecule has 3 heteroatoms. The molecule has 0 unspecified atom stereocenters. The summed E-state index contributed by atoms with van der Waals surface area (Å²) in [4.78, 5) is 4.44. The Bertz CT molecular complexity index is 164. The van der Waals surface area contributed by atoms with Crippen LogP contribution in [0.2, 0.25) is 0 Å². The molecule has 0 saturated heterocycles. The standard InChI is InChI=1S/C11H23N3/c1-10(5-2-3-8-12)13-9-14-11-6-4-7-11/h9-11H,2-8,12H2,1H3,(H,13,14)/t10-/m1/s1. The van der Waals surface area contributed by atoms with Gasteiger partial charge >= 0.3 is 0 Å². The van der Waals surface area contributed by atoms with Gasteiger partial charge in [-0.2, -0.15) is 0 Å². The fourth-order valence-corrected chi connectivity index (χ4v) is 1.49. The lowest BCUT2D eigenvalue weighted by Crippen LogP contribution is -2.26. The third kappa shape index (κ3) is 4.61. The van der Waals surface area contributed by atoms with E-state index in [1.807, 2.05) is 6.34 Å². The second-order valence-electron chi connectivity index (χ2n) is 4.22. The van der Waals surface area contributed by atoms with E-state index in [9.17, 15) is 0 Å². The van der Waals surface area contributed by atoms with E-state index in [2.05, 4.69) is 17.2 Å². The van der Waals surface area contributed by atoms with E-state index in [1.165, 1.54) is 32.1 Å². The van der Waals surface area contributed by atoms with Gasteiger partial charge in [0.2, 0.25) is 0 Å². The zero-order valence-corrected chi connectivity index (χ0v) is 9.21. The molecule has 0 radical (unpaired) electrons. The SMILES string of the molecule is C[C@H](CCCCN)N/C=N\C1CCC1. The van der Waals surface area contributed by atoms with Gasteiger partial charge in [0.15, 0.2) is 0 Å². The zero-order chi connectivity index (χ0) is 10.2. The Balaban J connectivity index is 1.96. The third-order valence-electron chi connectivity index (χ3n) is 2.81. The fraction of sp³-hybridized carbons (Fsp3) is 0.909. The number of hydrogen-bond acceptors (Lipinski definition) is 2. The maximum atomic E-state index is 5.43. The third-order valence-corrected chi connectivity index (χ3v) is 2.81. The molecule has 1 aliphatic carbocycles. The second kappa shape index (κ2) is 6.82. The summed E-state index contributed by atoms with van der Waals surface area (Å²) in [7, 11) is 0. The Labute approximate surface area is 87.2 Å². The van der Waals surface area contributed by atoms with Crippen molar-refractivity contribution in [1.29, 1.82) is 0 Å². The van der Waals surface area contributed by atoms with Gasteiger partial charge in [0.25, 0.3) is 0 Å². The quantitative estimate of drug-likeness (QED) is 0.370. The molecule has 14 heavy (non-hydrogen) atoms. The van der Waals surface area contributed by atoms with Gasteiger partial charge in [-0.3, -0.25) is 4.99 Å². The summed E-state index contributed by atoms with van der Waals surface area (Å²) in [5, 5.41) is 3.31. The van der Waals surface area contributed by atoms with E-state index in [0.717, 1.165) is 13.0 Å². The van der Waals surface area contributed by atoms with Crippen LogP contribution in [0.1, 0.15) is 45.4 Å². The van der Waals surface area contributed by atoms with E-state index < -0.39 is 0 Å². The highest BCUT2D eigenvalue weighted by molar-refractivity contribution is 5.55. The number of nitrogens with two attached hydrogens (primary N) is 1. The number of nitrogens with one attached hydrogen (secondary N) is 1. The van der Waals surface area contributed by atoms with Crippen LogP contribution in [0.25, 0.3) is 0 Å². The van der Waals surface area contributed by atoms with E-state index in [1.54, 1.807) is 0 Å². The molecular formula is C11H23N3. The fourth-order valence-electron chi connectivity index (χ4n) is 1.49. The highest BCUT2D eigenvalue weighted by Gasteiger charge is 2.14. The molecular weight excluding hydrogens is 174 g/mol. The first-order valence-electron chi connectivity index (χ1n) is 5.80. The van der Waals surface area contributed by atoms with Crippen molar-refractivity contribution in [1.82, 2.24) is 5.32 Å². The molecule has 3 nitrogen and oxygen atoms in total. The first-order valence-corrected chi connectivity index (χ1v) is 5.80. The molecule has 3 N–H and O–H groups in total. The van der Waals surface area contributed by atoms with Crippen molar-refractivity contribution in [3.63, 3.8) is 0 Å². The van der Waals surface area contributed by atoms with Gasteiger partial charge in [0.1, 0.15) is 0 Å². The molecule has 0 aromatic rings. The zero-order valence-electron chi connectivity index (χ0n) is 9.21. The Morgan fingerprint density at radius 2 is 2.29 bits per heavy atom. The van der Waals surface area contributed by atoms with Crippen LogP contribution in [0.3, 0.4) is 0 Å². The summed E-state index contributed by atoms with van der Waals surface area (Å²) < 4.78 is 0. The molecule has 1 fully saturated rings. The normalized spacial score (nSPS) is 19.6. The summed E-state index contributed by atoms with van der Waals surface area (Å²) in [5.41, 5.74) is 5.43. The van der Waals surface area contributed by atoms with Crippen LogP contribution in [0.15, 0.2) is 4.99 Å². The van der Waals surface area contributed by atoms with Gasteiger partial charge in [0.05, 0.1) is 12.4 Å². The molecule has 0 aromatic carbocycles. The van der Waals surface area contributed by atoms with Gasteiger partial charge in [-0.1, -0.05) is 6.42 Å². The molecule has 1 aliphatic rings. The predicted octanol–water partition coefficient (Wildman–Crippen LogP) is 1.67. The first kappa shape index (κ1) is 11.5. The summed E-state index contributed by atoms with van der Waals surface area (Å²) in [6.45, 7) is 3.01. The predicted molar refractivity (Wildman–Crippen MR) is 61.6 cm³/mol. The highest BCUT2D eigenvalue weighted by Crippen LogP contribution is 2.21. The molecule has 1 atom stereocenters. The van der Waals surface area contributed by atoms with E-state index in [-0.39, 0.29) is 0 Å². The highest BCUT2D eigenvalue weighted by atomic mass is 15.0. The molecule has 0 amide bonds. The number of hydrogen-bond donors (Lipinski definition) is 2. The van der Waals surface area contributed by atoms with Crippen molar-refractivity contribution < 1.29 is 0 Å². The number of nitrogens with zero attached hydrogens (tertiary/aromatic N) is 1. The van der Waals surface area contributed by atoms with Crippen LogP contribution in [0.4, 0.5) is 0 Å². The van der Waals surface area contributed by atoms with Crippen molar-refractivity contribution in [3.8, 4) is 0 Å². The monoisotopic (exact) mass is 197 g/mol. The Morgan fingerprint density at radius 1 is 1.50 bits per heavy atom. The summed E-state index contributed by atoms with van der Waals surface area (Å²) in [5.74, 6) is 0. The molecule has 0 heterocycles. The van der Waals surface area contributed by atoms with Crippen molar-refractivity contribution >= 4 is 6.34 Å². The van der Waals surface area contributed by atoms with Crippen LogP contribution < -0.4 is 11.1 Å². The van der Waals surface area contributed by atoms with Crippen molar-refractivity contribution in [2.45, 2.75) is 57.5 Å². The smallest absolute Gasteiger partial charge is 0.0829 e. The van der Waals surface area contributed by atoms with Crippen LogP contribution in [0, 0.1) is 0 Å². The molecule has 0 aromatic heterocycles.